The third-order valence-electron chi connectivity index (χ3n) is 3.57. The van der Waals surface area contributed by atoms with Crippen molar-refractivity contribution in [2.75, 3.05) is 5.32 Å². The van der Waals surface area contributed by atoms with Gasteiger partial charge < -0.3 is 5.32 Å². The Morgan fingerprint density at radius 1 is 1.14 bits per heavy atom. The topological polar surface area (TPSA) is 55.1 Å². The van der Waals surface area contributed by atoms with Gasteiger partial charge in [0.25, 0.3) is 0 Å². The quantitative estimate of drug-likeness (QED) is 0.615. The van der Waals surface area contributed by atoms with Crippen LogP contribution in [0.15, 0.2) is 48.8 Å². The Hall–Kier alpha value is -3.02. The first-order valence-electron chi connectivity index (χ1n) is 6.84. The Bertz CT molecular complexity index is 992. The first kappa shape index (κ1) is 12.7. The number of aryl methyl sites for hydroxylation is 1. The largest absolute Gasteiger partial charge is 0.337 e. The molecule has 4 aromatic rings. The summed E-state index contributed by atoms with van der Waals surface area (Å²) in [5, 5.41) is 11.3. The van der Waals surface area contributed by atoms with Crippen LogP contribution >= 0.6 is 0 Å². The molecule has 0 unspecified atom stereocenters. The number of benzene rings is 2. The van der Waals surface area contributed by atoms with Crippen molar-refractivity contribution in [3.05, 3.63) is 60.2 Å². The summed E-state index contributed by atoms with van der Waals surface area (Å²) in [6.07, 6.45) is 1.65. The Morgan fingerprint density at radius 3 is 2.86 bits per heavy atom. The van der Waals surface area contributed by atoms with Crippen molar-refractivity contribution < 1.29 is 4.39 Å². The van der Waals surface area contributed by atoms with Crippen molar-refractivity contribution in [3.8, 4) is 0 Å². The molecule has 22 heavy (non-hydrogen) atoms. The molecule has 0 aliphatic rings. The standard InChI is InChI=1S/C16H12FN5/c1-10-8-11(17)6-7-12(10)19-15-16-21-18-9-22(16)14-5-3-2-4-13(14)20-15/h2-9H,1H3,(H,19,20). The number of nitrogens with zero attached hydrogens (tertiary/aromatic N) is 4. The fourth-order valence-electron chi connectivity index (χ4n) is 2.48. The third-order valence-corrected chi connectivity index (χ3v) is 3.57. The molecular formula is C16H12FN5. The second-order valence-corrected chi connectivity index (χ2v) is 5.06. The molecule has 0 amide bonds. The molecule has 2 aromatic carbocycles. The van der Waals surface area contributed by atoms with Crippen LogP contribution in [0.1, 0.15) is 5.56 Å². The van der Waals surface area contributed by atoms with E-state index in [0.29, 0.717) is 11.5 Å². The molecule has 0 saturated heterocycles. The van der Waals surface area contributed by atoms with E-state index >= 15 is 0 Å². The molecule has 108 valence electrons. The summed E-state index contributed by atoms with van der Waals surface area (Å²) in [7, 11) is 0. The van der Waals surface area contributed by atoms with Crippen LogP contribution in [0.3, 0.4) is 0 Å². The summed E-state index contributed by atoms with van der Waals surface area (Å²) in [4.78, 5) is 4.61. The van der Waals surface area contributed by atoms with E-state index in [2.05, 4.69) is 20.5 Å². The minimum Gasteiger partial charge on any atom is -0.337 e. The minimum absolute atomic E-state index is 0.262. The van der Waals surface area contributed by atoms with Crippen molar-refractivity contribution in [1.82, 2.24) is 19.6 Å². The van der Waals surface area contributed by atoms with Crippen molar-refractivity contribution >= 4 is 28.2 Å². The number of halogens is 1. The van der Waals surface area contributed by atoms with Gasteiger partial charge in [0.1, 0.15) is 12.1 Å². The summed E-state index contributed by atoms with van der Waals surface area (Å²) >= 11 is 0. The van der Waals surface area contributed by atoms with Gasteiger partial charge in [0.15, 0.2) is 5.82 Å². The van der Waals surface area contributed by atoms with E-state index < -0.39 is 0 Å². The molecule has 0 aliphatic heterocycles. The number of nitrogens with one attached hydrogen (secondary N) is 1. The van der Waals surface area contributed by atoms with E-state index in [1.165, 1.54) is 12.1 Å². The van der Waals surface area contributed by atoms with Crippen LogP contribution in [-0.2, 0) is 0 Å². The van der Waals surface area contributed by atoms with Gasteiger partial charge in [0.2, 0.25) is 5.65 Å². The Labute approximate surface area is 125 Å². The fraction of sp³-hybridized carbons (Fsp3) is 0.0625. The van der Waals surface area contributed by atoms with Crippen LogP contribution in [0.25, 0.3) is 16.7 Å². The lowest BCUT2D eigenvalue weighted by Crippen LogP contribution is -2.01. The van der Waals surface area contributed by atoms with E-state index in [1.54, 1.807) is 12.4 Å². The molecule has 2 heterocycles. The summed E-state index contributed by atoms with van der Waals surface area (Å²) < 4.78 is 15.1. The molecule has 0 atom stereocenters. The van der Waals surface area contributed by atoms with Gasteiger partial charge >= 0.3 is 0 Å². The summed E-state index contributed by atoms with van der Waals surface area (Å²) in [5.41, 5.74) is 3.98. The van der Waals surface area contributed by atoms with Crippen molar-refractivity contribution in [2.24, 2.45) is 0 Å². The number of aromatic nitrogens is 4. The number of para-hydroxylation sites is 2. The second-order valence-electron chi connectivity index (χ2n) is 5.06. The van der Waals surface area contributed by atoms with Crippen LogP contribution in [-0.4, -0.2) is 19.6 Å². The van der Waals surface area contributed by atoms with E-state index in [9.17, 15) is 4.39 Å². The smallest absolute Gasteiger partial charge is 0.204 e. The predicted molar refractivity (Wildman–Crippen MR) is 82.7 cm³/mol. The van der Waals surface area contributed by atoms with Crippen molar-refractivity contribution in [2.45, 2.75) is 6.92 Å². The van der Waals surface area contributed by atoms with Gasteiger partial charge in [-0.05, 0) is 42.8 Å². The van der Waals surface area contributed by atoms with E-state index in [0.717, 1.165) is 22.3 Å². The summed E-state index contributed by atoms with van der Waals surface area (Å²) in [6.45, 7) is 1.84. The predicted octanol–water partition coefficient (Wildman–Crippen LogP) is 3.47. The normalized spacial score (nSPS) is 11.2. The molecule has 0 bridgehead atoms. The maximum absolute atomic E-state index is 13.2. The first-order chi connectivity index (χ1) is 10.7. The highest BCUT2D eigenvalue weighted by Gasteiger charge is 2.11. The van der Waals surface area contributed by atoms with Gasteiger partial charge in [-0.2, -0.15) is 0 Å². The van der Waals surface area contributed by atoms with Crippen molar-refractivity contribution in [3.63, 3.8) is 0 Å². The molecule has 2 aromatic heterocycles. The van der Waals surface area contributed by atoms with Gasteiger partial charge in [-0.3, -0.25) is 4.40 Å². The summed E-state index contributed by atoms with van der Waals surface area (Å²) in [6, 6.07) is 12.3. The molecule has 1 N–H and O–H groups in total. The number of hydrogen-bond acceptors (Lipinski definition) is 4. The SMILES string of the molecule is Cc1cc(F)ccc1Nc1nc2ccccc2n2cnnc12. The highest BCUT2D eigenvalue weighted by molar-refractivity contribution is 5.84. The maximum atomic E-state index is 13.2. The van der Waals surface area contributed by atoms with E-state index in [-0.39, 0.29) is 5.82 Å². The molecular weight excluding hydrogens is 281 g/mol. The molecule has 0 radical (unpaired) electrons. The fourth-order valence-corrected chi connectivity index (χ4v) is 2.48. The highest BCUT2D eigenvalue weighted by Crippen LogP contribution is 2.25. The Balaban J connectivity index is 1.91. The van der Waals surface area contributed by atoms with Gasteiger partial charge in [0, 0.05) is 5.69 Å². The van der Waals surface area contributed by atoms with Crippen LogP contribution in [0.2, 0.25) is 0 Å². The molecule has 0 spiro atoms. The average Bonchev–Trinajstić information content (AvgIpc) is 3.00. The first-order valence-corrected chi connectivity index (χ1v) is 6.84. The zero-order chi connectivity index (χ0) is 15.1. The van der Waals surface area contributed by atoms with Gasteiger partial charge in [0.05, 0.1) is 11.0 Å². The van der Waals surface area contributed by atoms with E-state index in [1.807, 2.05) is 35.6 Å². The van der Waals surface area contributed by atoms with Crippen LogP contribution in [0, 0.1) is 12.7 Å². The molecule has 6 heteroatoms. The minimum atomic E-state index is -0.262. The lowest BCUT2D eigenvalue weighted by molar-refractivity contribution is 0.627. The monoisotopic (exact) mass is 293 g/mol. The molecule has 4 rings (SSSR count). The van der Waals surface area contributed by atoms with E-state index in [4.69, 9.17) is 0 Å². The number of anilines is 2. The van der Waals surface area contributed by atoms with Gasteiger partial charge in [-0.1, -0.05) is 12.1 Å². The van der Waals surface area contributed by atoms with Gasteiger partial charge in [-0.25, -0.2) is 9.37 Å². The second kappa shape index (κ2) is 4.77. The van der Waals surface area contributed by atoms with Crippen LogP contribution in [0.5, 0.6) is 0 Å². The van der Waals surface area contributed by atoms with Crippen LogP contribution < -0.4 is 5.32 Å². The Morgan fingerprint density at radius 2 is 2.00 bits per heavy atom. The lowest BCUT2D eigenvalue weighted by atomic mass is 10.2. The molecule has 5 nitrogen and oxygen atoms in total. The van der Waals surface area contributed by atoms with Gasteiger partial charge in [-0.15, -0.1) is 10.2 Å². The number of rotatable bonds is 2. The zero-order valence-electron chi connectivity index (χ0n) is 11.8. The van der Waals surface area contributed by atoms with Crippen LogP contribution in [0.4, 0.5) is 15.9 Å². The molecule has 0 fully saturated rings. The molecule has 0 aliphatic carbocycles. The number of fused-ring (bicyclic) bond motifs is 3. The Kier molecular flexibility index (Phi) is 2.75. The maximum Gasteiger partial charge on any atom is 0.204 e. The third kappa shape index (κ3) is 1.96. The molecule has 0 saturated carbocycles. The summed E-state index contributed by atoms with van der Waals surface area (Å²) in [5.74, 6) is 0.327. The lowest BCUT2D eigenvalue weighted by Gasteiger charge is -2.11. The number of hydrogen-bond donors (Lipinski definition) is 1. The van der Waals surface area contributed by atoms with Crippen molar-refractivity contribution in [1.29, 1.82) is 0 Å². The zero-order valence-corrected chi connectivity index (χ0v) is 11.8. The average molecular weight is 293 g/mol. The highest BCUT2D eigenvalue weighted by atomic mass is 19.1.